The van der Waals surface area contributed by atoms with Gasteiger partial charge in [0.05, 0.1) is 5.60 Å². The van der Waals surface area contributed by atoms with Crippen molar-refractivity contribution in [1.82, 2.24) is 19.6 Å². The Morgan fingerprint density at radius 1 is 0.978 bits per heavy atom. The lowest BCUT2D eigenvalue weighted by Crippen LogP contribution is -2.70. The number of hydrogen-bond donors (Lipinski definition) is 2. The quantitative estimate of drug-likeness (QED) is 0.424. The van der Waals surface area contributed by atoms with Crippen molar-refractivity contribution in [1.29, 1.82) is 0 Å². The third-order valence-electron chi connectivity index (χ3n) is 11.0. The Kier molecular flexibility index (Phi) is 9.68. The summed E-state index contributed by atoms with van der Waals surface area (Å²) in [6, 6.07) is 15.9. The van der Waals surface area contributed by atoms with Gasteiger partial charge in [-0.25, -0.2) is 9.59 Å². The number of carbonyl (C=O) groups excluding carboxylic acids is 3. The van der Waals surface area contributed by atoms with E-state index in [1.54, 1.807) is 4.90 Å². The van der Waals surface area contributed by atoms with Gasteiger partial charge in [-0.2, -0.15) is 0 Å². The predicted octanol–water partition coefficient (Wildman–Crippen LogP) is 4.78. The SMILES string of the molecule is Cc1ccccc1COC(=O)N1CC[C@@H](N2CCc3ccccc3NC2=O)C[C@@]1(CC=O)N1CCC(N2CCC(C)(O)CC2)CC1. The van der Waals surface area contributed by atoms with Gasteiger partial charge in [-0.3, -0.25) is 9.80 Å². The van der Waals surface area contributed by atoms with Crippen molar-refractivity contribution >= 4 is 24.1 Å². The van der Waals surface area contributed by atoms with Crippen molar-refractivity contribution in [3.63, 3.8) is 0 Å². The van der Waals surface area contributed by atoms with Gasteiger partial charge in [-0.05, 0) is 75.1 Å². The molecule has 6 rings (SSSR count). The number of aliphatic hydroxyl groups is 1. The van der Waals surface area contributed by atoms with E-state index in [1.165, 1.54) is 0 Å². The maximum absolute atomic E-state index is 14.0. The Bertz CT molecular complexity index is 1400. The number of amides is 3. The molecular formula is C36H49N5O5. The van der Waals surface area contributed by atoms with E-state index in [-0.39, 0.29) is 25.1 Å². The lowest BCUT2D eigenvalue weighted by molar-refractivity contribution is -0.129. The number of para-hydroxylation sites is 1. The van der Waals surface area contributed by atoms with E-state index in [4.69, 9.17) is 4.74 Å². The highest BCUT2D eigenvalue weighted by Crippen LogP contribution is 2.40. The Balaban J connectivity index is 1.23. The van der Waals surface area contributed by atoms with Gasteiger partial charge < -0.3 is 29.8 Å². The first-order valence-electron chi connectivity index (χ1n) is 17.0. The number of urea groups is 1. The maximum atomic E-state index is 14.0. The zero-order chi connectivity index (χ0) is 32.3. The van der Waals surface area contributed by atoms with E-state index < -0.39 is 17.4 Å². The highest BCUT2D eigenvalue weighted by Gasteiger charge is 2.52. The van der Waals surface area contributed by atoms with Crippen LogP contribution < -0.4 is 5.32 Å². The third kappa shape index (κ3) is 6.80. The van der Waals surface area contributed by atoms with Crippen LogP contribution in [0.1, 0.15) is 68.6 Å². The van der Waals surface area contributed by atoms with E-state index in [2.05, 4.69) is 21.2 Å². The molecule has 3 saturated heterocycles. The van der Waals surface area contributed by atoms with E-state index in [1.807, 2.05) is 61.2 Å². The minimum Gasteiger partial charge on any atom is -0.444 e. The first kappa shape index (κ1) is 32.5. The van der Waals surface area contributed by atoms with Crippen LogP contribution in [0.2, 0.25) is 0 Å². The number of fused-ring (bicyclic) bond motifs is 1. The van der Waals surface area contributed by atoms with Crippen LogP contribution in [-0.4, -0.2) is 106 Å². The number of nitrogens with one attached hydrogen (secondary N) is 1. The summed E-state index contributed by atoms with van der Waals surface area (Å²) < 4.78 is 5.96. The number of nitrogens with zero attached hydrogens (tertiary/aromatic N) is 4. The molecule has 2 atom stereocenters. The Labute approximate surface area is 272 Å². The van der Waals surface area contributed by atoms with Gasteiger partial charge in [-0.1, -0.05) is 42.5 Å². The van der Waals surface area contributed by atoms with Crippen molar-refractivity contribution in [2.75, 3.05) is 44.6 Å². The van der Waals surface area contributed by atoms with Crippen LogP contribution in [0.4, 0.5) is 15.3 Å². The molecule has 0 spiro atoms. The second-order valence-corrected chi connectivity index (χ2v) is 13.9. The summed E-state index contributed by atoms with van der Waals surface area (Å²) >= 11 is 0. The van der Waals surface area contributed by atoms with Crippen LogP contribution in [0.25, 0.3) is 0 Å². The van der Waals surface area contributed by atoms with Gasteiger partial charge in [-0.15, -0.1) is 0 Å². The Morgan fingerprint density at radius 2 is 1.67 bits per heavy atom. The standard InChI is InChI=1S/C36H49N5O5/c1-27-7-3-4-9-29(27)26-46-34(44)41-21-14-31(40-20-11-28-8-5-6-10-32(28)37-33(40)43)25-36(41,17-24-42)39-18-12-30(13-19-39)38-22-15-35(2,45)16-23-38/h3-10,24,30-31,45H,11-23,25-26H2,1-2H3,(H,37,43)/t31-,36+/m1/s1. The number of carbonyl (C=O) groups is 3. The minimum atomic E-state index is -0.899. The largest absolute Gasteiger partial charge is 0.444 e. The second kappa shape index (κ2) is 13.7. The fourth-order valence-corrected chi connectivity index (χ4v) is 8.10. The first-order valence-corrected chi connectivity index (χ1v) is 17.0. The Hall–Kier alpha value is -3.47. The number of benzene rings is 2. The highest BCUT2D eigenvalue weighted by atomic mass is 16.6. The molecule has 4 aliphatic heterocycles. The molecule has 2 N–H and O–H groups in total. The topological polar surface area (TPSA) is 106 Å². The van der Waals surface area contributed by atoms with Crippen molar-refractivity contribution < 1.29 is 24.2 Å². The molecule has 0 bridgehead atoms. The highest BCUT2D eigenvalue weighted by molar-refractivity contribution is 5.91. The zero-order valence-corrected chi connectivity index (χ0v) is 27.3. The number of aryl methyl sites for hydroxylation is 1. The summed E-state index contributed by atoms with van der Waals surface area (Å²) in [7, 11) is 0. The molecule has 10 heteroatoms. The molecular weight excluding hydrogens is 582 g/mol. The number of piperidine rings is 3. The molecule has 46 heavy (non-hydrogen) atoms. The molecule has 3 amide bonds. The molecule has 0 radical (unpaired) electrons. The fourth-order valence-electron chi connectivity index (χ4n) is 8.10. The molecule has 10 nitrogen and oxygen atoms in total. The van der Waals surface area contributed by atoms with E-state index in [9.17, 15) is 19.5 Å². The van der Waals surface area contributed by atoms with Crippen LogP contribution in [0.3, 0.4) is 0 Å². The number of hydrogen-bond acceptors (Lipinski definition) is 7. The lowest BCUT2D eigenvalue weighted by atomic mass is 9.84. The minimum absolute atomic E-state index is 0.134. The van der Waals surface area contributed by atoms with Gasteiger partial charge in [0.2, 0.25) is 0 Å². The Morgan fingerprint density at radius 3 is 2.41 bits per heavy atom. The number of rotatable bonds is 7. The normalized spacial score (nSPS) is 26.2. The van der Waals surface area contributed by atoms with Gasteiger partial charge in [0.1, 0.15) is 18.6 Å². The van der Waals surface area contributed by atoms with E-state index in [0.717, 1.165) is 86.9 Å². The lowest BCUT2D eigenvalue weighted by Gasteiger charge is -2.57. The van der Waals surface area contributed by atoms with Crippen LogP contribution >= 0.6 is 0 Å². The number of anilines is 1. The number of aldehydes is 1. The summed E-state index contributed by atoms with van der Waals surface area (Å²) in [4.78, 5) is 48.6. The molecule has 248 valence electrons. The summed E-state index contributed by atoms with van der Waals surface area (Å²) in [6.45, 7) is 8.28. The average molecular weight is 632 g/mol. The summed E-state index contributed by atoms with van der Waals surface area (Å²) in [6.07, 6.45) is 5.85. The molecule has 3 fully saturated rings. The monoisotopic (exact) mass is 631 g/mol. The van der Waals surface area contributed by atoms with Crippen LogP contribution in [0.15, 0.2) is 48.5 Å². The van der Waals surface area contributed by atoms with Crippen LogP contribution in [0.5, 0.6) is 0 Å². The maximum Gasteiger partial charge on any atom is 0.411 e. The smallest absolute Gasteiger partial charge is 0.411 e. The van der Waals surface area contributed by atoms with E-state index >= 15 is 0 Å². The summed E-state index contributed by atoms with van der Waals surface area (Å²) in [5.74, 6) is 0. The van der Waals surface area contributed by atoms with Gasteiger partial charge in [0.25, 0.3) is 0 Å². The molecule has 4 heterocycles. The van der Waals surface area contributed by atoms with Crippen molar-refractivity contribution in [2.45, 2.75) is 95.2 Å². The van der Waals surface area contributed by atoms with Gasteiger partial charge in [0, 0.05) is 69.9 Å². The molecule has 2 aromatic rings. The average Bonchev–Trinajstić information content (AvgIpc) is 3.22. The van der Waals surface area contributed by atoms with E-state index in [0.29, 0.717) is 32.0 Å². The second-order valence-electron chi connectivity index (χ2n) is 13.9. The molecule has 4 aliphatic rings. The number of ether oxygens (including phenoxy) is 1. The van der Waals surface area contributed by atoms with Crippen LogP contribution in [0, 0.1) is 6.92 Å². The third-order valence-corrected chi connectivity index (χ3v) is 11.0. The van der Waals surface area contributed by atoms with Crippen molar-refractivity contribution in [3.8, 4) is 0 Å². The molecule has 0 aliphatic carbocycles. The predicted molar refractivity (Wildman–Crippen MR) is 176 cm³/mol. The number of likely N-dealkylation sites (tertiary alicyclic amines) is 3. The summed E-state index contributed by atoms with van der Waals surface area (Å²) in [5, 5.41) is 13.6. The fraction of sp³-hybridized carbons (Fsp3) is 0.583. The molecule has 0 saturated carbocycles. The van der Waals surface area contributed by atoms with Crippen molar-refractivity contribution in [2.24, 2.45) is 0 Å². The van der Waals surface area contributed by atoms with Crippen LogP contribution in [-0.2, 0) is 22.6 Å². The van der Waals surface area contributed by atoms with Gasteiger partial charge in [0.15, 0.2) is 0 Å². The molecule has 2 aromatic carbocycles. The molecule has 0 aromatic heterocycles. The first-order chi connectivity index (χ1) is 22.2. The molecule has 0 unspecified atom stereocenters. The summed E-state index contributed by atoms with van der Waals surface area (Å²) in [5.41, 5.74) is 2.46. The zero-order valence-electron chi connectivity index (χ0n) is 27.3. The van der Waals surface area contributed by atoms with Crippen molar-refractivity contribution in [3.05, 3.63) is 65.2 Å². The van der Waals surface area contributed by atoms with Gasteiger partial charge >= 0.3 is 12.1 Å².